The van der Waals surface area contributed by atoms with Crippen LogP contribution in [-0.4, -0.2) is 33.8 Å². The van der Waals surface area contributed by atoms with Gasteiger partial charge in [0.05, 0.1) is 22.6 Å². The van der Waals surface area contributed by atoms with E-state index in [-0.39, 0.29) is 37.9 Å². The van der Waals surface area contributed by atoms with Gasteiger partial charge in [0.15, 0.2) is 0 Å². The van der Waals surface area contributed by atoms with Gasteiger partial charge >= 0.3 is 0 Å². The number of nitrogens with one attached hydrogen (secondary N) is 1. The lowest BCUT2D eigenvalue weighted by Gasteiger charge is -2.18. The van der Waals surface area contributed by atoms with Crippen molar-refractivity contribution in [1.82, 2.24) is 10.2 Å². The van der Waals surface area contributed by atoms with Gasteiger partial charge in [-0.2, -0.15) is 0 Å². The highest BCUT2D eigenvalue weighted by Gasteiger charge is 2.25. The summed E-state index contributed by atoms with van der Waals surface area (Å²) in [4.78, 5) is 35.6. The van der Waals surface area contributed by atoms with Crippen molar-refractivity contribution in [2.45, 2.75) is 37.8 Å². The van der Waals surface area contributed by atoms with Crippen LogP contribution in [0.3, 0.4) is 0 Å². The molecule has 0 aliphatic heterocycles. The van der Waals surface area contributed by atoms with Gasteiger partial charge < -0.3 is 29.5 Å². The Labute approximate surface area is 191 Å². The minimum Gasteiger partial charge on any atom is -0.545 e. The number of rotatable bonds is 10. The molecule has 3 aromatic rings. The molecular formula is C21H19N3O6S2-2. The maximum Gasteiger partial charge on any atom is 0.277 e. The largest absolute Gasteiger partial charge is 0.545 e. The first-order chi connectivity index (χ1) is 15.3. The van der Waals surface area contributed by atoms with Crippen LogP contribution in [-0.2, 0) is 4.79 Å². The second kappa shape index (κ2) is 10.4. The summed E-state index contributed by atoms with van der Waals surface area (Å²) < 4.78 is 5.52. The van der Waals surface area contributed by atoms with Crippen LogP contribution in [0.15, 0.2) is 40.0 Å². The second-order valence-corrected chi connectivity index (χ2v) is 8.66. The third-order valence-corrected chi connectivity index (χ3v) is 6.65. The van der Waals surface area contributed by atoms with Gasteiger partial charge in [-0.05, 0) is 36.5 Å². The molecule has 32 heavy (non-hydrogen) atoms. The van der Waals surface area contributed by atoms with Crippen molar-refractivity contribution in [3.63, 3.8) is 0 Å². The number of nitrogens with zero attached hydrogens (tertiary/aromatic N) is 2. The van der Waals surface area contributed by atoms with Gasteiger partial charge in [-0.1, -0.05) is 43.8 Å². The molecule has 0 saturated carbocycles. The molecule has 1 N–H and O–H groups in total. The Morgan fingerprint density at radius 1 is 1.09 bits per heavy atom. The summed E-state index contributed by atoms with van der Waals surface area (Å²) in [5.41, 5.74) is 0.551. The number of aromatic carboxylic acids is 2. The van der Waals surface area contributed by atoms with Gasteiger partial charge in [-0.15, -0.1) is 21.5 Å². The summed E-state index contributed by atoms with van der Waals surface area (Å²) in [6.07, 6.45) is 1.05. The number of hydrogen-bond donors (Lipinski definition) is 1. The van der Waals surface area contributed by atoms with Crippen LogP contribution >= 0.6 is 23.1 Å². The molecule has 0 aliphatic rings. The van der Waals surface area contributed by atoms with Crippen molar-refractivity contribution >= 4 is 45.9 Å². The maximum atomic E-state index is 12.4. The van der Waals surface area contributed by atoms with Gasteiger partial charge in [0.2, 0.25) is 11.8 Å². The third-order valence-electron chi connectivity index (χ3n) is 4.74. The van der Waals surface area contributed by atoms with Crippen molar-refractivity contribution in [3.05, 3.63) is 46.3 Å². The predicted octanol–water partition coefficient (Wildman–Crippen LogP) is 2.16. The molecule has 11 heteroatoms. The lowest BCUT2D eigenvalue weighted by atomic mass is 9.90. The summed E-state index contributed by atoms with van der Waals surface area (Å²) in [6.45, 7) is 3.65. The number of carbonyl (C=O) groups excluding carboxylic acids is 3. The van der Waals surface area contributed by atoms with E-state index in [2.05, 4.69) is 15.5 Å². The van der Waals surface area contributed by atoms with Gasteiger partial charge in [0.25, 0.3) is 5.22 Å². The molecule has 0 radical (unpaired) electrons. The fourth-order valence-corrected chi connectivity index (χ4v) is 4.92. The number of thioether (sulfide) groups is 1. The smallest absolute Gasteiger partial charge is 0.277 e. The zero-order chi connectivity index (χ0) is 23.3. The zero-order valence-electron chi connectivity index (χ0n) is 17.2. The van der Waals surface area contributed by atoms with E-state index in [1.807, 2.05) is 32.0 Å². The first-order valence-electron chi connectivity index (χ1n) is 9.76. The number of thiophene rings is 1. The van der Waals surface area contributed by atoms with E-state index in [1.54, 1.807) is 12.1 Å². The van der Waals surface area contributed by atoms with Crippen LogP contribution in [0, 0.1) is 0 Å². The molecule has 2 aromatic heterocycles. The average Bonchev–Trinajstić information content (AvgIpc) is 3.39. The first kappa shape index (κ1) is 23.5. The molecule has 0 bridgehead atoms. The number of hydrogen-bond acceptors (Lipinski definition) is 10. The molecule has 1 aromatic carbocycles. The molecule has 0 aliphatic carbocycles. The Morgan fingerprint density at radius 3 is 2.38 bits per heavy atom. The van der Waals surface area contributed by atoms with Crippen molar-refractivity contribution in [1.29, 1.82) is 0 Å². The molecule has 0 spiro atoms. The number of aromatic nitrogens is 2. The SMILES string of the molecule is CCC(CC)c1c(C(=O)[O-])sc(NC(=O)CSc2nnc(-c3ccccc3)o2)c1C(=O)[O-]. The Morgan fingerprint density at radius 2 is 1.78 bits per heavy atom. The normalized spacial score (nSPS) is 11.0. The number of amides is 1. The van der Waals surface area contributed by atoms with Crippen LogP contribution in [0.4, 0.5) is 5.00 Å². The van der Waals surface area contributed by atoms with Gasteiger partial charge in [0, 0.05) is 11.1 Å². The molecule has 0 unspecified atom stereocenters. The highest BCUT2D eigenvalue weighted by molar-refractivity contribution is 7.99. The fourth-order valence-electron chi connectivity index (χ4n) is 3.23. The topological polar surface area (TPSA) is 148 Å². The molecule has 0 atom stereocenters. The van der Waals surface area contributed by atoms with Crippen molar-refractivity contribution in [2.75, 3.05) is 11.1 Å². The summed E-state index contributed by atoms with van der Waals surface area (Å²) in [5, 5.41) is 33.8. The van der Waals surface area contributed by atoms with Crippen molar-refractivity contribution < 1.29 is 29.0 Å². The molecule has 9 nitrogen and oxygen atoms in total. The lowest BCUT2D eigenvalue weighted by molar-refractivity contribution is -0.255. The van der Waals surface area contributed by atoms with Crippen molar-refractivity contribution in [3.8, 4) is 11.5 Å². The molecule has 0 saturated heterocycles. The molecule has 168 valence electrons. The quantitative estimate of drug-likeness (QED) is 0.437. The van der Waals surface area contributed by atoms with Crippen LogP contribution in [0.25, 0.3) is 11.5 Å². The minimum absolute atomic E-state index is 0.0906. The zero-order valence-corrected chi connectivity index (χ0v) is 18.9. The molecule has 2 heterocycles. The van der Waals surface area contributed by atoms with Gasteiger partial charge in [-0.25, -0.2) is 0 Å². The number of carbonyl (C=O) groups is 3. The minimum atomic E-state index is -1.55. The van der Waals surface area contributed by atoms with Crippen molar-refractivity contribution in [2.24, 2.45) is 0 Å². The average molecular weight is 474 g/mol. The summed E-state index contributed by atoms with van der Waals surface area (Å²) in [5.74, 6) is -3.76. The van der Waals surface area contributed by atoms with Gasteiger partial charge in [0.1, 0.15) is 5.00 Å². The fraction of sp³-hybridized carbons (Fsp3) is 0.286. The van der Waals surface area contributed by atoms with E-state index >= 15 is 0 Å². The number of anilines is 1. The maximum absolute atomic E-state index is 12.4. The molecule has 3 rings (SSSR count). The number of carboxylic acids is 2. The Bertz CT molecular complexity index is 1120. The predicted molar refractivity (Wildman–Crippen MR) is 115 cm³/mol. The van der Waals surface area contributed by atoms with Crippen LogP contribution in [0.5, 0.6) is 0 Å². The second-order valence-electron chi connectivity index (χ2n) is 6.71. The molecular weight excluding hydrogens is 454 g/mol. The summed E-state index contributed by atoms with van der Waals surface area (Å²) in [7, 11) is 0. The van der Waals surface area contributed by atoms with E-state index in [0.717, 1.165) is 17.3 Å². The summed E-state index contributed by atoms with van der Waals surface area (Å²) >= 11 is 1.63. The molecule has 1 amide bonds. The Hall–Kier alpha value is -3.18. The Kier molecular flexibility index (Phi) is 7.65. The number of benzene rings is 1. The first-order valence-corrected chi connectivity index (χ1v) is 11.6. The summed E-state index contributed by atoms with van der Waals surface area (Å²) in [6, 6.07) is 9.11. The monoisotopic (exact) mass is 473 g/mol. The standard InChI is InChI=1S/C21H21N3O6S2/c1-3-11(4-2)14-15(19(26)27)18(32-16(14)20(28)29)22-13(25)10-31-21-24-23-17(30-21)12-8-6-5-7-9-12/h5-9,11H,3-4,10H2,1-2H3,(H,22,25)(H,26,27)(H,28,29)/p-2. The Balaban J connectivity index is 1.76. The van der Waals surface area contributed by atoms with E-state index < -0.39 is 17.8 Å². The molecule has 0 fully saturated rings. The van der Waals surface area contributed by atoms with Gasteiger partial charge in [-0.3, -0.25) is 4.79 Å². The third kappa shape index (κ3) is 5.17. The van der Waals surface area contributed by atoms with Crippen LogP contribution in [0.1, 0.15) is 58.2 Å². The van der Waals surface area contributed by atoms with E-state index in [4.69, 9.17) is 4.42 Å². The van der Waals surface area contributed by atoms with Crippen LogP contribution < -0.4 is 15.5 Å². The van der Waals surface area contributed by atoms with E-state index in [0.29, 0.717) is 30.1 Å². The van der Waals surface area contributed by atoms with E-state index in [1.165, 1.54) is 0 Å². The highest BCUT2D eigenvalue weighted by atomic mass is 32.2. The highest BCUT2D eigenvalue weighted by Crippen LogP contribution is 2.40. The lowest BCUT2D eigenvalue weighted by Crippen LogP contribution is -2.27. The number of carboxylic acid groups (broad SMARTS) is 2. The van der Waals surface area contributed by atoms with Crippen LogP contribution in [0.2, 0.25) is 0 Å². The van der Waals surface area contributed by atoms with E-state index in [9.17, 15) is 24.6 Å².